The standard InChI is InChI=1S/C28H40O8/c1-2-28(32)36-18-23(31)17-35-27-14-26(34-16-22(30)15-33-19-29)24(20-9-5-3-6-10-20)13-25(27)21-11-7-4-8-12-21/h2,13-14,19-23,30-31H,1,3-12,15-18H2. The number of esters is 1. The molecule has 8 nitrogen and oxygen atoms in total. The van der Waals surface area contributed by atoms with Gasteiger partial charge in [-0.2, -0.15) is 0 Å². The van der Waals surface area contributed by atoms with Gasteiger partial charge in [0.25, 0.3) is 6.47 Å². The van der Waals surface area contributed by atoms with Crippen molar-refractivity contribution in [1.29, 1.82) is 0 Å². The van der Waals surface area contributed by atoms with Crippen LogP contribution in [0.25, 0.3) is 0 Å². The average Bonchev–Trinajstić information content (AvgIpc) is 2.93. The summed E-state index contributed by atoms with van der Waals surface area (Å²) < 4.78 is 21.7. The highest BCUT2D eigenvalue weighted by Crippen LogP contribution is 2.45. The summed E-state index contributed by atoms with van der Waals surface area (Å²) in [4.78, 5) is 21.8. The van der Waals surface area contributed by atoms with Gasteiger partial charge in [0.05, 0.1) is 0 Å². The summed E-state index contributed by atoms with van der Waals surface area (Å²) in [6.45, 7) is 3.28. The Kier molecular flexibility index (Phi) is 11.6. The Morgan fingerprint density at radius 1 is 0.833 bits per heavy atom. The van der Waals surface area contributed by atoms with Crippen LogP contribution in [0.5, 0.6) is 11.5 Å². The Morgan fingerprint density at radius 2 is 1.33 bits per heavy atom. The van der Waals surface area contributed by atoms with E-state index >= 15 is 0 Å². The lowest BCUT2D eigenvalue weighted by Crippen LogP contribution is -2.25. The molecule has 2 N–H and O–H groups in total. The maximum atomic E-state index is 11.3. The molecule has 2 atom stereocenters. The molecule has 1 aromatic rings. The molecule has 0 spiro atoms. The molecule has 0 radical (unpaired) electrons. The summed E-state index contributed by atoms with van der Waals surface area (Å²) >= 11 is 0. The smallest absolute Gasteiger partial charge is 0.330 e. The maximum Gasteiger partial charge on any atom is 0.330 e. The number of aliphatic hydroxyl groups excluding tert-OH is 2. The molecule has 3 rings (SSSR count). The molecule has 0 saturated heterocycles. The number of ether oxygens (including phenoxy) is 4. The summed E-state index contributed by atoms with van der Waals surface area (Å²) in [6, 6.07) is 4.10. The highest BCUT2D eigenvalue weighted by molar-refractivity contribution is 5.81. The van der Waals surface area contributed by atoms with Crippen LogP contribution in [-0.4, -0.2) is 61.3 Å². The lowest BCUT2D eigenvalue weighted by atomic mass is 9.79. The van der Waals surface area contributed by atoms with Gasteiger partial charge in [-0.05, 0) is 54.7 Å². The molecule has 1 aromatic carbocycles. The maximum absolute atomic E-state index is 11.3. The number of aliphatic hydroxyl groups is 2. The molecule has 2 aliphatic carbocycles. The Balaban J connectivity index is 1.85. The van der Waals surface area contributed by atoms with Crippen molar-refractivity contribution in [3.8, 4) is 11.5 Å². The number of carbonyl (C=O) groups is 2. The minimum absolute atomic E-state index is 0.0180. The minimum Gasteiger partial charge on any atom is -0.490 e. The first-order valence-corrected chi connectivity index (χ1v) is 13.2. The molecule has 36 heavy (non-hydrogen) atoms. The first kappa shape index (κ1) is 28.0. The first-order chi connectivity index (χ1) is 17.5. The normalized spacial score (nSPS) is 18.6. The van der Waals surface area contributed by atoms with E-state index in [1.165, 1.54) is 38.5 Å². The van der Waals surface area contributed by atoms with E-state index in [-0.39, 0.29) is 26.4 Å². The molecule has 0 amide bonds. The number of rotatable bonds is 14. The average molecular weight is 505 g/mol. The van der Waals surface area contributed by atoms with E-state index in [2.05, 4.69) is 17.4 Å². The van der Waals surface area contributed by atoms with E-state index in [4.69, 9.17) is 14.2 Å². The second-order valence-electron chi connectivity index (χ2n) is 9.79. The molecule has 8 heteroatoms. The van der Waals surface area contributed by atoms with E-state index in [1.807, 2.05) is 6.07 Å². The van der Waals surface area contributed by atoms with Crippen molar-refractivity contribution < 1.29 is 38.7 Å². The van der Waals surface area contributed by atoms with E-state index in [1.54, 1.807) is 0 Å². The summed E-state index contributed by atoms with van der Waals surface area (Å²) in [6.07, 6.45) is 10.6. The molecular weight excluding hydrogens is 464 g/mol. The zero-order chi connectivity index (χ0) is 25.8. The predicted octanol–water partition coefficient (Wildman–Crippen LogP) is 4.16. The molecule has 2 fully saturated rings. The van der Waals surface area contributed by atoms with Gasteiger partial charge in [-0.15, -0.1) is 0 Å². The zero-order valence-corrected chi connectivity index (χ0v) is 21.1. The summed E-state index contributed by atoms with van der Waals surface area (Å²) in [5.41, 5.74) is 2.26. The fourth-order valence-corrected chi connectivity index (χ4v) is 5.17. The zero-order valence-electron chi connectivity index (χ0n) is 21.1. The third kappa shape index (κ3) is 8.52. The highest BCUT2D eigenvalue weighted by Gasteiger charge is 2.27. The molecule has 0 aromatic heterocycles. The van der Waals surface area contributed by atoms with Crippen molar-refractivity contribution >= 4 is 12.4 Å². The molecule has 200 valence electrons. The van der Waals surface area contributed by atoms with Crippen LogP contribution in [-0.2, 0) is 19.1 Å². The van der Waals surface area contributed by atoms with Crippen LogP contribution in [0, 0.1) is 0 Å². The first-order valence-electron chi connectivity index (χ1n) is 13.2. The van der Waals surface area contributed by atoms with Gasteiger partial charge in [0.15, 0.2) is 0 Å². The second kappa shape index (κ2) is 14.9. The van der Waals surface area contributed by atoms with Gasteiger partial charge in [-0.3, -0.25) is 4.79 Å². The second-order valence-corrected chi connectivity index (χ2v) is 9.79. The SMILES string of the molecule is C=CC(=O)OCC(O)COc1cc(OCC(O)COC=O)c(C2CCCCC2)cc1C1CCCCC1. The fourth-order valence-electron chi connectivity index (χ4n) is 5.17. The molecule has 0 aliphatic heterocycles. The van der Waals surface area contributed by atoms with Crippen LogP contribution >= 0.6 is 0 Å². The molecule has 2 unspecified atom stereocenters. The fraction of sp³-hybridized carbons (Fsp3) is 0.643. The molecule has 2 aliphatic rings. The van der Waals surface area contributed by atoms with Crippen molar-refractivity contribution in [3.05, 3.63) is 35.9 Å². The predicted molar refractivity (Wildman–Crippen MR) is 134 cm³/mol. The van der Waals surface area contributed by atoms with Crippen molar-refractivity contribution in [3.63, 3.8) is 0 Å². The molecule has 0 heterocycles. The van der Waals surface area contributed by atoms with Gasteiger partial charge >= 0.3 is 5.97 Å². The Labute approximate surface area is 213 Å². The third-order valence-electron chi connectivity index (χ3n) is 7.04. The number of carbonyl (C=O) groups excluding carboxylic acids is 2. The van der Waals surface area contributed by atoms with Crippen molar-refractivity contribution in [2.75, 3.05) is 26.4 Å². The number of hydrogen-bond acceptors (Lipinski definition) is 8. The number of benzene rings is 1. The topological polar surface area (TPSA) is 112 Å². The van der Waals surface area contributed by atoms with E-state index in [9.17, 15) is 19.8 Å². The van der Waals surface area contributed by atoms with E-state index in [0.29, 0.717) is 29.8 Å². The van der Waals surface area contributed by atoms with E-state index < -0.39 is 18.2 Å². The Hall–Kier alpha value is -2.58. The van der Waals surface area contributed by atoms with Gasteiger partial charge in [0.2, 0.25) is 0 Å². The monoisotopic (exact) mass is 504 g/mol. The molecule has 0 bridgehead atoms. The van der Waals surface area contributed by atoms with Crippen LogP contribution in [0.15, 0.2) is 24.8 Å². The molecular formula is C28H40O8. The lowest BCUT2D eigenvalue weighted by molar-refractivity contribution is -0.141. The summed E-state index contributed by atoms with van der Waals surface area (Å²) in [5.74, 6) is 1.44. The minimum atomic E-state index is -0.988. The Bertz CT molecular complexity index is 842. The van der Waals surface area contributed by atoms with Gasteiger partial charge in [0, 0.05) is 12.1 Å². The summed E-state index contributed by atoms with van der Waals surface area (Å²) in [5, 5.41) is 20.4. The lowest BCUT2D eigenvalue weighted by Gasteiger charge is -2.29. The Morgan fingerprint density at radius 3 is 1.81 bits per heavy atom. The van der Waals surface area contributed by atoms with Crippen molar-refractivity contribution in [2.24, 2.45) is 0 Å². The van der Waals surface area contributed by atoms with Crippen LogP contribution in [0.2, 0.25) is 0 Å². The largest absolute Gasteiger partial charge is 0.490 e. The van der Waals surface area contributed by atoms with Gasteiger partial charge in [-0.25, -0.2) is 4.79 Å². The van der Waals surface area contributed by atoms with Crippen molar-refractivity contribution in [2.45, 2.75) is 88.3 Å². The van der Waals surface area contributed by atoms with Gasteiger partial charge in [0.1, 0.15) is 50.1 Å². The van der Waals surface area contributed by atoms with Crippen LogP contribution in [0.3, 0.4) is 0 Å². The highest BCUT2D eigenvalue weighted by atomic mass is 16.6. The quantitative estimate of drug-likeness (QED) is 0.221. The number of hydrogen-bond donors (Lipinski definition) is 2. The van der Waals surface area contributed by atoms with Gasteiger partial charge in [-0.1, -0.05) is 45.1 Å². The van der Waals surface area contributed by atoms with Crippen LogP contribution in [0.1, 0.15) is 87.2 Å². The van der Waals surface area contributed by atoms with E-state index in [0.717, 1.165) is 42.9 Å². The summed E-state index contributed by atoms with van der Waals surface area (Å²) in [7, 11) is 0. The third-order valence-corrected chi connectivity index (χ3v) is 7.04. The van der Waals surface area contributed by atoms with Gasteiger partial charge < -0.3 is 29.2 Å². The van der Waals surface area contributed by atoms with Crippen LogP contribution < -0.4 is 9.47 Å². The molecule has 2 saturated carbocycles. The van der Waals surface area contributed by atoms with Crippen molar-refractivity contribution in [1.82, 2.24) is 0 Å². The van der Waals surface area contributed by atoms with Crippen LogP contribution in [0.4, 0.5) is 0 Å².